The summed E-state index contributed by atoms with van der Waals surface area (Å²) in [4.78, 5) is 0. The molecule has 79 valence electrons. The second-order valence-electron chi connectivity index (χ2n) is 3.86. The molecule has 0 aromatic heterocycles. The Balaban J connectivity index is 2.23. The van der Waals surface area contributed by atoms with Gasteiger partial charge in [0.15, 0.2) is 0 Å². The Labute approximate surface area is 96.1 Å². The van der Waals surface area contributed by atoms with Crippen LogP contribution in [0.15, 0.2) is 54.1 Å². The lowest BCUT2D eigenvalue weighted by Crippen LogP contribution is -2.18. The van der Waals surface area contributed by atoms with Crippen LogP contribution in [0.5, 0.6) is 0 Å². The van der Waals surface area contributed by atoms with E-state index in [0.717, 1.165) is 11.1 Å². The number of aliphatic hydroxyl groups is 1. The summed E-state index contributed by atoms with van der Waals surface area (Å²) in [5.74, 6) is 5.85. The number of rotatable bonds is 1. The molecule has 1 aliphatic rings. The van der Waals surface area contributed by atoms with Crippen molar-refractivity contribution < 1.29 is 5.11 Å². The largest absolute Gasteiger partial charge is 0.374 e. The number of hydrogen-bond acceptors (Lipinski definition) is 1. The fraction of sp³-hybridized carbons (Fsp3) is 0.133. The maximum atomic E-state index is 10.2. The van der Waals surface area contributed by atoms with Gasteiger partial charge in [-0.1, -0.05) is 60.4 Å². The molecule has 1 heteroatoms. The van der Waals surface area contributed by atoms with Gasteiger partial charge in [0.05, 0.1) is 0 Å². The monoisotopic (exact) mass is 209 g/mol. The molecule has 2 rings (SSSR count). The summed E-state index contributed by atoms with van der Waals surface area (Å²) in [6.45, 7) is 1.71. The van der Waals surface area contributed by atoms with Crippen LogP contribution in [0.1, 0.15) is 12.5 Å². The summed E-state index contributed by atoms with van der Waals surface area (Å²) < 4.78 is 0. The predicted octanol–water partition coefficient (Wildman–Crippen LogP) is 2.60. The molecule has 1 aromatic carbocycles. The first kappa shape index (κ1) is 10.7. The molecule has 1 N–H and O–H groups in total. The molecule has 1 atom stereocenters. The van der Waals surface area contributed by atoms with Crippen LogP contribution in [-0.2, 0) is 5.60 Å². The molecule has 0 saturated heterocycles. The SMILES string of the molecule is CC(O)(C#CC1=C[CH]C=C1)c1ccccc1. The van der Waals surface area contributed by atoms with Crippen LogP contribution < -0.4 is 0 Å². The van der Waals surface area contributed by atoms with Crippen LogP contribution in [0, 0.1) is 18.3 Å². The normalized spacial score (nSPS) is 17.2. The molecule has 1 aliphatic carbocycles. The Bertz CT molecular complexity index is 481. The molecule has 0 bridgehead atoms. The second kappa shape index (κ2) is 4.38. The molecular weight excluding hydrogens is 196 g/mol. The topological polar surface area (TPSA) is 20.2 Å². The molecular formula is C15H13O. The Hall–Kier alpha value is -1.78. The van der Waals surface area contributed by atoms with Crippen LogP contribution >= 0.6 is 0 Å². The molecule has 1 nitrogen and oxygen atoms in total. The highest BCUT2D eigenvalue weighted by atomic mass is 16.3. The Kier molecular flexibility index (Phi) is 2.94. The maximum absolute atomic E-state index is 10.2. The van der Waals surface area contributed by atoms with Gasteiger partial charge in [0.25, 0.3) is 0 Å². The third kappa shape index (κ3) is 2.42. The van der Waals surface area contributed by atoms with E-state index in [1.165, 1.54) is 0 Å². The van der Waals surface area contributed by atoms with Crippen molar-refractivity contribution >= 4 is 0 Å². The highest BCUT2D eigenvalue weighted by molar-refractivity contribution is 5.48. The third-order valence-electron chi connectivity index (χ3n) is 2.45. The summed E-state index contributed by atoms with van der Waals surface area (Å²) in [5, 5.41) is 10.2. The lowest BCUT2D eigenvalue weighted by Gasteiger charge is -2.16. The van der Waals surface area contributed by atoms with Crippen molar-refractivity contribution in [3.05, 3.63) is 66.1 Å². The molecule has 0 saturated carbocycles. The van der Waals surface area contributed by atoms with Crippen LogP contribution in [0.4, 0.5) is 0 Å². The number of allylic oxidation sites excluding steroid dienone is 4. The van der Waals surface area contributed by atoms with Crippen molar-refractivity contribution in [3.8, 4) is 11.8 Å². The minimum atomic E-state index is -1.10. The number of benzene rings is 1. The van der Waals surface area contributed by atoms with Crippen molar-refractivity contribution in [2.24, 2.45) is 0 Å². The van der Waals surface area contributed by atoms with E-state index in [0.29, 0.717) is 0 Å². The van der Waals surface area contributed by atoms with E-state index in [1.807, 2.05) is 55.0 Å². The lowest BCUT2D eigenvalue weighted by atomic mass is 9.96. The van der Waals surface area contributed by atoms with Crippen molar-refractivity contribution in [1.29, 1.82) is 0 Å². The van der Waals surface area contributed by atoms with Crippen LogP contribution in [0.3, 0.4) is 0 Å². The maximum Gasteiger partial charge on any atom is 0.148 e. The Morgan fingerprint density at radius 2 is 1.94 bits per heavy atom. The zero-order valence-corrected chi connectivity index (χ0v) is 9.14. The fourth-order valence-corrected chi connectivity index (χ4v) is 1.49. The van der Waals surface area contributed by atoms with Crippen molar-refractivity contribution in [3.63, 3.8) is 0 Å². The van der Waals surface area contributed by atoms with Gasteiger partial charge in [-0.05, 0) is 12.5 Å². The zero-order valence-electron chi connectivity index (χ0n) is 9.14. The first-order valence-electron chi connectivity index (χ1n) is 5.21. The summed E-state index contributed by atoms with van der Waals surface area (Å²) in [6.07, 6.45) is 7.71. The van der Waals surface area contributed by atoms with Gasteiger partial charge in [0.2, 0.25) is 0 Å². The molecule has 0 fully saturated rings. The molecule has 0 amide bonds. The smallest absolute Gasteiger partial charge is 0.148 e. The van der Waals surface area contributed by atoms with Gasteiger partial charge in [0, 0.05) is 12.0 Å². The quantitative estimate of drug-likeness (QED) is 0.705. The molecule has 16 heavy (non-hydrogen) atoms. The number of hydrogen-bond donors (Lipinski definition) is 1. The molecule has 1 radical (unpaired) electrons. The van der Waals surface area contributed by atoms with Gasteiger partial charge in [0.1, 0.15) is 5.60 Å². The van der Waals surface area contributed by atoms with E-state index in [2.05, 4.69) is 11.8 Å². The van der Waals surface area contributed by atoms with Gasteiger partial charge < -0.3 is 5.11 Å². The van der Waals surface area contributed by atoms with Gasteiger partial charge in [-0.25, -0.2) is 0 Å². The van der Waals surface area contributed by atoms with Crippen LogP contribution in [0.25, 0.3) is 0 Å². The average molecular weight is 209 g/mol. The summed E-state index contributed by atoms with van der Waals surface area (Å²) in [7, 11) is 0. The molecule has 0 aliphatic heterocycles. The summed E-state index contributed by atoms with van der Waals surface area (Å²) >= 11 is 0. The average Bonchev–Trinajstić information content (AvgIpc) is 2.81. The van der Waals surface area contributed by atoms with Crippen LogP contribution in [-0.4, -0.2) is 5.11 Å². The highest BCUT2D eigenvalue weighted by Gasteiger charge is 2.19. The van der Waals surface area contributed by atoms with Crippen molar-refractivity contribution in [1.82, 2.24) is 0 Å². The molecule has 0 spiro atoms. The Morgan fingerprint density at radius 3 is 2.56 bits per heavy atom. The molecule has 0 heterocycles. The zero-order chi connectivity index (χ0) is 11.4. The van der Waals surface area contributed by atoms with E-state index in [1.54, 1.807) is 6.92 Å². The Morgan fingerprint density at radius 1 is 1.19 bits per heavy atom. The van der Waals surface area contributed by atoms with Crippen LogP contribution in [0.2, 0.25) is 0 Å². The first-order valence-corrected chi connectivity index (χ1v) is 5.21. The summed E-state index contributed by atoms with van der Waals surface area (Å²) in [6, 6.07) is 9.46. The fourth-order valence-electron chi connectivity index (χ4n) is 1.49. The predicted molar refractivity (Wildman–Crippen MR) is 65.3 cm³/mol. The van der Waals surface area contributed by atoms with Crippen molar-refractivity contribution in [2.45, 2.75) is 12.5 Å². The van der Waals surface area contributed by atoms with E-state index in [4.69, 9.17) is 0 Å². The van der Waals surface area contributed by atoms with Gasteiger partial charge in [-0.3, -0.25) is 0 Å². The highest BCUT2D eigenvalue weighted by Crippen LogP contribution is 2.19. The standard InChI is InChI=1S/C15H13O/c1-15(16,14-9-3-2-4-10-14)12-11-13-7-5-6-8-13/h2-10,16H,1H3. The van der Waals surface area contributed by atoms with E-state index < -0.39 is 5.60 Å². The molecule has 1 unspecified atom stereocenters. The van der Waals surface area contributed by atoms with E-state index in [-0.39, 0.29) is 0 Å². The first-order chi connectivity index (χ1) is 7.68. The third-order valence-corrected chi connectivity index (χ3v) is 2.45. The van der Waals surface area contributed by atoms with E-state index >= 15 is 0 Å². The van der Waals surface area contributed by atoms with Gasteiger partial charge in [-0.2, -0.15) is 0 Å². The summed E-state index contributed by atoms with van der Waals surface area (Å²) in [5.41, 5.74) is 0.642. The van der Waals surface area contributed by atoms with E-state index in [9.17, 15) is 5.11 Å². The lowest BCUT2D eigenvalue weighted by molar-refractivity contribution is 0.122. The van der Waals surface area contributed by atoms with Gasteiger partial charge >= 0.3 is 0 Å². The van der Waals surface area contributed by atoms with Gasteiger partial charge in [-0.15, -0.1) is 0 Å². The van der Waals surface area contributed by atoms with Crippen molar-refractivity contribution in [2.75, 3.05) is 0 Å². The minimum Gasteiger partial charge on any atom is -0.374 e. The second-order valence-corrected chi connectivity index (χ2v) is 3.86. The minimum absolute atomic E-state index is 0.814. The molecule has 1 aromatic rings.